The Morgan fingerprint density at radius 1 is 1.03 bits per heavy atom. The number of halogens is 1. The fourth-order valence-electron chi connectivity index (χ4n) is 3.57. The third-order valence-corrected chi connectivity index (χ3v) is 5.52. The van der Waals surface area contributed by atoms with Gasteiger partial charge in [0.15, 0.2) is 18.1 Å². The first kappa shape index (κ1) is 21.2. The molecule has 4 rings (SSSR count). The number of rotatable bonds is 6. The molecule has 8 nitrogen and oxygen atoms in total. The Bertz CT molecular complexity index is 1020. The topological polar surface area (TPSA) is 103 Å². The first-order valence-electron chi connectivity index (χ1n) is 9.94. The Kier molecular flexibility index (Phi) is 6.13. The number of anilines is 1. The molecule has 0 saturated heterocycles. The van der Waals surface area contributed by atoms with Crippen LogP contribution in [0.3, 0.4) is 0 Å². The second-order valence-electron chi connectivity index (χ2n) is 7.39. The van der Waals surface area contributed by atoms with Gasteiger partial charge < -0.3 is 24.8 Å². The highest BCUT2D eigenvalue weighted by Gasteiger charge is 2.44. The largest absolute Gasteiger partial charge is 0.454 e. The Morgan fingerprint density at radius 3 is 2.58 bits per heavy atom. The zero-order valence-electron chi connectivity index (χ0n) is 16.6. The van der Waals surface area contributed by atoms with E-state index in [4.69, 9.17) is 14.2 Å². The molecular weight excluding hydrogens is 468 g/mol. The number of amides is 2. The number of fused-ring (bicyclic) bond motifs is 1. The summed E-state index contributed by atoms with van der Waals surface area (Å²) in [4.78, 5) is 36.0. The van der Waals surface area contributed by atoms with Gasteiger partial charge in [0.2, 0.25) is 0 Å². The van der Waals surface area contributed by atoms with Crippen LogP contribution < -0.4 is 20.1 Å². The molecule has 162 valence electrons. The first-order chi connectivity index (χ1) is 14.9. The van der Waals surface area contributed by atoms with Crippen LogP contribution in [-0.2, 0) is 14.3 Å². The Morgan fingerprint density at radius 2 is 1.81 bits per heavy atom. The summed E-state index contributed by atoms with van der Waals surface area (Å²) >= 11 is 3.28. The lowest BCUT2D eigenvalue weighted by Gasteiger charge is -2.21. The third kappa shape index (κ3) is 5.16. The Balaban J connectivity index is 1.22. The molecule has 2 aliphatic rings. The fraction of sp³-hybridized carbons (Fsp3) is 0.318. The highest BCUT2D eigenvalue weighted by molar-refractivity contribution is 9.10. The molecule has 2 N–H and O–H groups in total. The van der Waals surface area contributed by atoms with Crippen LogP contribution >= 0.6 is 15.9 Å². The molecule has 0 aromatic heterocycles. The molecule has 1 fully saturated rings. The van der Waals surface area contributed by atoms with Crippen LogP contribution in [-0.4, -0.2) is 36.7 Å². The van der Waals surface area contributed by atoms with E-state index in [0.29, 0.717) is 22.7 Å². The van der Waals surface area contributed by atoms with Crippen molar-refractivity contribution in [2.75, 3.05) is 18.5 Å². The molecule has 2 aromatic carbocycles. The van der Waals surface area contributed by atoms with Crippen LogP contribution in [0.5, 0.6) is 11.5 Å². The number of hydrogen-bond acceptors (Lipinski definition) is 6. The van der Waals surface area contributed by atoms with E-state index in [-0.39, 0.29) is 6.54 Å². The minimum Gasteiger partial charge on any atom is -0.454 e. The molecule has 0 unspecified atom stereocenters. The van der Waals surface area contributed by atoms with Gasteiger partial charge in [-0.25, -0.2) is 0 Å². The van der Waals surface area contributed by atoms with E-state index in [2.05, 4.69) is 26.6 Å². The standard InChI is InChI=1S/C22H21BrN2O6/c23-15-5-3-4-14(10-15)21(28)24-12-20(27)29-13-19(26)25-16-6-7-17-18(11-16)31-22(30-17)8-1-2-9-22/h3-7,10-11H,1-2,8-9,12-13H2,(H,24,28)(H,25,26). The van der Waals surface area contributed by atoms with E-state index in [1.54, 1.807) is 42.5 Å². The summed E-state index contributed by atoms with van der Waals surface area (Å²) in [5.74, 6) is -0.947. The second-order valence-corrected chi connectivity index (χ2v) is 8.30. The smallest absolute Gasteiger partial charge is 0.325 e. The molecule has 1 saturated carbocycles. The molecule has 1 heterocycles. The molecule has 1 aliphatic heterocycles. The normalized spacial score (nSPS) is 15.5. The van der Waals surface area contributed by atoms with Gasteiger partial charge in [0.05, 0.1) is 0 Å². The van der Waals surface area contributed by atoms with Crippen LogP contribution in [0, 0.1) is 0 Å². The summed E-state index contributed by atoms with van der Waals surface area (Å²) in [6.45, 7) is -0.811. The second kappa shape index (κ2) is 8.97. The van der Waals surface area contributed by atoms with Gasteiger partial charge in [-0.1, -0.05) is 22.0 Å². The van der Waals surface area contributed by atoms with Crippen LogP contribution in [0.4, 0.5) is 5.69 Å². The highest BCUT2D eigenvalue weighted by Crippen LogP contribution is 2.47. The molecule has 9 heteroatoms. The van der Waals surface area contributed by atoms with Crippen molar-refractivity contribution in [3.8, 4) is 11.5 Å². The van der Waals surface area contributed by atoms with Crippen molar-refractivity contribution >= 4 is 39.4 Å². The molecule has 0 radical (unpaired) electrons. The number of carbonyl (C=O) groups excluding carboxylic acids is 3. The lowest BCUT2D eigenvalue weighted by Crippen LogP contribution is -2.34. The van der Waals surface area contributed by atoms with Crippen LogP contribution in [0.1, 0.15) is 36.0 Å². The zero-order chi connectivity index (χ0) is 21.8. The van der Waals surface area contributed by atoms with Crippen molar-refractivity contribution in [1.29, 1.82) is 0 Å². The SMILES string of the molecule is O=C(COC(=O)CNC(=O)c1cccc(Br)c1)Nc1ccc2c(c1)OC1(CCCC1)O2. The van der Waals surface area contributed by atoms with E-state index in [9.17, 15) is 14.4 Å². The van der Waals surface area contributed by atoms with Crippen molar-refractivity contribution in [2.24, 2.45) is 0 Å². The summed E-state index contributed by atoms with van der Waals surface area (Å²) in [6.07, 6.45) is 3.81. The molecular formula is C22H21BrN2O6. The average Bonchev–Trinajstić information content (AvgIpc) is 3.35. The number of benzene rings is 2. The van der Waals surface area contributed by atoms with E-state index in [0.717, 1.165) is 30.2 Å². The maximum atomic E-state index is 12.1. The van der Waals surface area contributed by atoms with Gasteiger partial charge in [-0.3, -0.25) is 14.4 Å². The number of hydrogen-bond donors (Lipinski definition) is 2. The van der Waals surface area contributed by atoms with Crippen LogP contribution in [0.2, 0.25) is 0 Å². The van der Waals surface area contributed by atoms with Crippen molar-refractivity contribution < 1.29 is 28.6 Å². The predicted molar refractivity (Wildman–Crippen MR) is 115 cm³/mol. The van der Waals surface area contributed by atoms with Crippen molar-refractivity contribution in [3.63, 3.8) is 0 Å². The highest BCUT2D eigenvalue weighted by atomic mass is 79.9. The third-order valence-electron chi connectivity index (χ3n) is 5.03. The number of nitrogens with one attached hydrogen (secondary N) is 2. The van der Waals surface area contributed by atoms with Crippen LogP contribution in [0.25, 0.3) is 0 Å². The monoisotopic (exact) mass is 488 g/mol. The maximum absolute atomic E-state index is 12.1. The van der Waals surface area contributed by atoms with Gasteiger partial charge in [-0.15, -0.1) is 0 Å². The fourth-order valence-corrected chi connectivity index (χ4v) is 3.97. The quantitative estimate of drug-likeness (QED) is 0.604. The first-order valence-corrected chi connectivity index (χ1v) is 10.7. The minimum absolute atomic E-state index is 0.343. The molecule has 0 atom stereocenters. The summed E-state index contributed by atoms with van der Waals surface area (Å²) in [6, 6.07) is 11.9. The lowest BCUT2D eigenvalue weighted by molar-refractivity contribution is -0.146. The molecule has 2 aromatic rings. The van der Waals surface area contributed by atoms with Gasteiger partial charge in [0.1, 0.15) is 6.54 Å². The van der Waals surface area contributed by atoms with E-state index >= 15 is 0 Å². The van der Waals surface area contributed by atoms with Gasteiger partial charge in [0.25, 0.3) is 17.6 Å². The van der Waals surface area contributed by atoms with Gasteiger partial charge in [0, 0.05) is 34.6 Å². The number of esters is 1. The molecule has 1 aliphatic carbocycles. The molecule has 0 bridgehead atoms. The van der Waals surface area contributed by atoms with Gasteiger partial charge in [-0.05, 0) is 43.2 Å². The van der Waals surface area contributed by atoms with Crippen LogP contribution in [0.15, 0.2) is 46.9 Å². The molecule has 31 heavy (non-hydrogen) atoms. The van der Waals surface area contributed by atoms with Crippen molar-refractivity contribution in [2.45, 2.75) is 31.5 Å². The Hall–Kier alpha value is -3.07. The molecule has 2 amide bonds. The van der Waals surface area contributed by atoms with Crippen molar-refractivity contribution in [3.05, 3.63) is 52.5 Å². The summed E-state index contributed by atoms with van der Waals surface area (Å²) < 4.78 is 17.6. The predicted octanol–water partition coefficient (Wildman–Crippen LogP) is 3.40. The number of carbonyl (C=O) groups is 3. The lowest BCUT2D eigenvalue weighted by atomic mass is 10.2. The van der Waals surface area contributed by atoms with Gasteiger partial charge in [-0.2, -0.15) is 0 Å². The zero-order valence-corrected chi connectivity index (χ0v) is 18.2. The van der Waals surface area contributed by atoms with Gasteiger partial charge >= 0.3 is 5.97 Å². The summed E-state index contributed by atoms with van der Waals surface area (Å²) in [5, 5.41) is 5.11. The van der Waals surface area contributed by atoms with Crippen molar-refractivity contribution in [1.82, 2.24) is 5.32 Å². The maximum Gasteiger partial charge on any atom is 0.325 e. The van der Waals surface area contributed by atoms with E-state index in [1.165, 1.54) is 0 Å². The summed E-state index contributed by atoms with van der Waals surface area (Å²) in [7, 11) is 0. The summed E-state index contributed by atoms with van der Waals surface area (Å²) in [5.41, 5.74) is 0.920. The van der Waals surface area contributed by atoms with E-state index < -0.39 is 30.2 Å². The molecule has 1 spiro atoms. The number of ether oxygens (including phenoxy) is 3. The van der Waals surface area contributed by atoms with E-state index in [1.807, 2.05) is 0 Å². The average molecular weight is 489 g/mol. The Labute approximate surface area is 187 Å². The minimum atomic E-state index is -0.715.